The van der Waals surface area contributed by atoms with E-state index in [1.807, 2.05) is 0 Å². The van der Waals surface area contributed by atoms with Crippen molar-refractivity contribution < 1.29 is 7.59 Å². The Kier molecular flexibility index (Phi) is 1.45. The number of fused-ring (bicyclic) bond motifs is 1. The highest BCUT2D eigenvalue weighted by Gasteiger charge is 2.13. The summed E-state index contributed by atoms with van der Waals surface area (Å²) in [5.74, 6) is 2.62. The Bertz CT molecular complexity index is 241. The molecule has 0 atom stereocenters. The van der Waals surface area contributed by atoms with Crippen LogP contribution in [0.2, 0.25) is 0 Å². The number of nitrogens with one attached hydrogen (secondary N) is 2. The number of anilines is 1. The zero-order valence-corrected chi connectivity index (χ0v) is 6.48. The Hall–Kier alpha value is -1.19. The molecule has 2 N–H and O–H groups in total. The number of aromatic nitrogens is 2. The highest BCUT2D eigenvalue weighted by Crippen LogP contribution is 2.23. The van der Waals surface area contributed by atoms with Gasteiger partial charge in [0.25, 0.3) is 5.88 Å². The van der Waals surface area contributed by atoms with Gasteiger partial charge in [-0.2, -0.15) is 4.98 Å². The molecule has 11 heavy (non-hydrogen) atoms. The number of hydrogen-bond acceptors (Lipinski definition) is 3. The van der Waals surface area contributed by atoms with Gasteiger partial charge >= 0.3 is 0 Å². The van der Waals surface area contributed by atoms with Crippen LogP contribution in [0, 0.1) is 0 Å². The summed E-state index contributed by atoms with van der Waals surface area (Å²) in [6, 6.07) is 0. The monoisotopic (exact) mass is 157 g/mol. The van der Waals surface area contributed by atoms with Crippen LogP contribution in [-0.4, -0.2) is 23.1 Å². The first-order valence-corrected chi connectivity index (χ1v) is 3.85. The number of hydrogen-bond donors (Lipinski definition) is 2. The maximum absolute atomic E-state index is 5.30. The van der Waals surface area contributed by atoms with Crippen molar-refractivity contribution in [3.05, 3.63) is 5.82 Å². The third-order valence-electron chi connectivity index (χ3n) is 1.70. The lowest BCUT2D eigenvalue weighted by atomic mass is 10.5. The van der Waals surface area contributed by atoms with Crippen molar-refractivity contribution in [2.24, 2.45) is 0 Å². The molecule has 1 aliphatic rings. The predicted molar refractivity (Wildman–Crippen MR) is 46.2 cm³/mol. The first-order valence-electron chi connectivity index (χ1n) is 3.85. The fraction of sp³-hybridized carbons (Fsp3) is 0.571. The molecule has 2 heterocycles. The van der Waals surface area contributed by atoms with Gasteiger partial charge in [-0.25, -0.2) is 0 Å². The molecule has 0 fully saturated rings. The fourth-order valence-electron chi connectivity index (χ4n) is 1.12. The van der Waals surface area contributed by atoms with Crippen LogP contribution in [0.5, 0.6) is 5.88 Å². The smallest absolute Gasteiger partial charge is 0.257 e. The fourth-order valence-corrected chi connectivity index (χ4v) is 1.12. The van der Waals surface area contributed by atoms with E-state index in [1.54, 1.807) is 0 Å². The average Bonchev–Trinajstić information content (AvgIpc) is 2.46. The van der Waals surface area contributed by atoms with Gasteiger partial charge in [-0.3, -0.25) is 0 Å². The van der Waals surface area contributed by atoms with Crippen molar-refractivity contribution in [1.82, 2.24) is 9.97 Å². The Morgan fingerprint density at radius 1 is 1.73 bits per heavy atom. The first-order chi connectivity index (χ1) is 5.40. The normalized spacial score (nSPS) is 15.0. The minimum atomic E-state index is 0. The van der Waals surface area contributed by atoms with E-state index in [4.69, 9.17) is 4.74 Å². The maximum Gasteiger partial charge on any atom is 0.257 e. The summed E-state index contributed by atoms with van der Waals surface area (Å²) in [7, 11) is 0. The molecule has 64 valence electrons. The molecule has 4 heteroatoms. The third kappa shape index (κ3) is 1.04. The van der Waals surface area contributed by atoms with Gasteiger partial charge in [0.1, 0.15) is 12.4 Å². The minimum absolute atomic E-state index is 0. The summed E-state index contributed by atoms with van der Waals surface area (Å²) in [5.41, 5.74) is 0. The summed E-state index contributed by atoms with van der Waals surface area (Å²) >= 11 is 0. The molecule has 0 saturated heterocycles. The number of rotatable bonds is 1. The van der Waals surface area contributed by atoms with Crippen LogP contribution in [0.1, 0.15) is 15.6 Å². The summed E-state index contributed by atoms with van der Waals surface area (Å²) in [6.07, 6.45) is 0.915. The Labute approximate surface area is 67.9 Å². The SMILES string of the molecule is CCc1nc2c([nH]1)NCCO2.[HH].[HH]. The number of imidazole rings is 1. The molecule has 4 nitrogen and oxygen atoms in total. The lowest BCUT2D eigenvalue weighted by molar-refractivity contribution is 0.311. The number of H-pyrrole nitrogens is 1. The molecule has 1 aromatic heterocycles. The second-order valence-electron chi connectivity index (χ2n) is 2.49. The maximum atomic E-state index is 5.30. The average molecular weight is 157 g/mol. The lowest BCUT2D eigenvalue weighted by Crippen LogP contribution is -2.17. The Morgan fingerprint density at radius 2 is 2.64 bits per heavy atom. The van der Waals surface area contributed by atoms with Gasteiger partial charge in [0, 0.05) is 9.27 Å². The summed E-state index contributed by atoms with van der Waals surface area (Å²) in [4.78, 5) is 7.37. The van der Waals surface area contributed by atoms with Crippen molar-refractivity contribution in [2.45, 2.75) is 13.3 Å². The van der Waals surface area contributed by atoms with Crippen molar-refractivity contribution in [2.75, 3.05) is 18.5 Å². The largest absolute Gasteiger partial charge is 0.473 e. The second-order valence-corrected chi connectivity index (χ2v) is 2.49. The van der Waals surface area contributed by atoms with E-state index in [1.165, 1.54) is 0 Å². The molecular weight excluding hydrogens is 142 g/mol. The van der Waals surface area contributed by atoms with E-state index in [2.05, 4.69) is 22.2 Å². The molecule has 2 rings (SSSR count). The quantitative estimate of drug-likeness (QED) is 0.645. The van der Waals surface area contributed by atoms with Crippen molar-refractivity contribution in [3.8, 4) is 5.88 Å². The molecule has 0 unspecified atom stereocenters. The van der Waals surface area contributed by atoms with E-state index in [0.717, 1.165) is 24.6 Å². The van der Waals surface area contributed by atoms with Crippen LogP contribution in [-0.2, 0) is 6.42 Å². The van der Waals surface area contributed by atoms with Crippen molar-refractivity contribution in [1.29, 1.82) is 0 Å². The molecule has 0 aromatic carbocycles. The molecule has 0 aliphatic carbocycles. The van der Waals surface area contributed by atoms with Crippen LogP contribution in [0.4, 0.5) is 5.82 Å². The van der Waals surface area contributed by atoms with Crippen molar-refractivity contribution >= 4 is 5.82 Å². The van der Waals surface area contributed by atoms with Crippen molar-refractivity contribution in [3.63, 3.8) is 0 Å². The molecule has 0 saturated carbocycles. The van der Waals surface area contributed by atoms with E-state index in [-0.39, 0.29) is 2.85 Å². The zero-order valence-electron chi connectivity index (χ0n) is 6.48. The van der Waals surface area contributed by atoms with Gasteiger partial charge in [-0.15, -0.1) is 0 Å². The molecule has 0 radical (unpaired) electrons. The van der Waals surface area contributed by atoms with Gasteiger partial charge in [-0.1, -0.05) is 6.92 Å². The lowest BCUT2D eigenvalue weighted by Gasteiger charge is -2.12. The number of aryl methyl sites for hydroxylation is 1. The van der Waals surface area contributed by atoms with Crippen LogP contribution < -0.4 is 10.1 Å². The predicted octanol–water partition coefficient (Wildman–Crippen LogP) is 1.27. The van der Waals surface area contributed by atoms with Crippen LogP contribution in [0.15, 0.2) is 0 Å². The van der Waals surface area contributed by atoms with Crippen LogP contribution in [0.25, 0.3) is 0 Å². The molecular formula is C7H15N3O. The first kappa shape index (κ1) is 6.52. The van der Waals surface area contributed by atoms with Gasteiger partial charge in [0.15, 0.2) is 5.82 Å². The topological polar surface area (TPSA) is 49.9 Å². The minimum Gasteiger partial charge on any atom is -0.473 e. The molecule has 0 amide bonds. The highest BCUT2D eigenvalue weighted by atomic mass is 16.5. The van der Waals surface area contributed by atoms with E-state index < -0.39 is 0 Å². The van der Waals surface area contributed by atoms with E-state index in [0.29, 0.717) is 12.5 Å². The van der Waals surface area contributed by atoms with Gasteiger partial charge < -0.3 is 15.0 Å². The van der Waals surface area contributed by atoms with Gasteiger partial charge in [0.05, 0.1) is 6.54 Å². The highest BCUT2D eigenvalue weighted by molar-refractivity contribution is 5.48. The van der Waals surface area contributed by atoms with Crippen LogP contribution in [0.3, 0.4) is 0 Å². The van der Waals surface area contributed by atoms with Gasteiger partial charge in [0.2, 0.25) is 0 Å². The number of aromatic amines is 1. The molecule has 1 aliphatic heterocycles. The van der Waals surface area contributed by atoms with Crippen LogP contribution >= 0.6 is 0 Å². The zero-order chi connectivity index (χ0) is 7.68. The summed E-state index contributed by atoms with van der Waals surface area (Å²) in [6.45, 7) is 3.63. The third-order valence-corrected chi connectivity index (χ3v) is 1.70. The van der Waals surface area contributed by atoms with E-state index in [9.17, 15) is 0 Å². The number of nitrogens with zero attached hydrogens (tertiary/aromatic N) is 1. The summed E-state index contributed by atoms with van der Waals surface area (Å²) < 4.78 is 5.30. The summed E-state index contributed by atoms with van der Waals surface area (Å²) in [5, 5.41) is 3.17. The molecule has 0 bridgehead atoms. The van der Waals surface area contributed by atoms with Gasteiger partial charge in [-0.05, 0) is 0 Å². The Balaban J connectivity index is 0.000000720. The second kappa shape index (κ2) is 2.45. The molecule has 1 aromatic rings. The Morgan fingerprint density at radius 3 is 3.36 bits per heavy atom. The molecule has 0 spiro atoms. The standard InChI is InChI=1S/C7H11N3O.2H2/c1-2-5-9-6-7(10-5)11-4-3-8-6;;/h8H,2-4H2,1H3,(H,9,10);2*1H. The van der Waals surface area contributed by atoms with E-state index >= 15 is 0 Å². The number of ether oxygens (including phenoxy) is 1.